The van der Waals surface area contributed by atoms with Crippen molar-refractivity contribution in [1.82, 2.24) is 9.97 Å². The third-order valence-electron chi connectivity index (χ3n) is 12.0. The van der Waals surface area contributed by atoms with Crippen LogP contribution >= 0.6 is 0 Å². The number of aromatic nitrogens is 2. The molecular weight excluding hydrogens is 701 g/mol. The van der Waals surface area contributed by atoms with Gasteiger partial charge in [0.1, 0.15) is 0 Å². The van der Waals surface area contributed by atoms with Crippen LogP contribution in [0.5, 0.6) is 0 Å². The molecule has 0 saturated carbocycles. The van der Waals surface area contributed by atoms with E-state index in [-0.39, 0.29) is 0 Å². The fourth-order valence-electron chi connectivity index (χ4n) is 9.36. The predicted molar refractivity (Wildman–Crippen MR) is 246 cm³/mol. The van der Waals surface area contributed by atoms with E-state index < -0.39 is 0 Å². The minimum Gasteiger partial charge on any atom is -0.247 e. The molecule has 12 aromatic rings. The summed E-state index contributed by atoms with van der Waals surface area (Å²) in [5, 5.41) is 14.4. The van der Waals surface area contributed by atoms with E-state index in [0.29, 0.717) is 0 Å². The lowest BCUT2D eigenvalue weighted by Gasteiger charge is -2.18. The Morgan fingerprint density at radius 1 is 0.259 bits per heavy atom. The summed E-state index contributed by atoms with van der Waals surface area (Å²) in [6.07, 6.45) is 0. The van der Waals surface area contributed by atoms with E-state index in [1.165, 1.54) is 76.1 Å². The SMILES string of the molecule is c1ccc(-c2nc3ccccc3c3c2cc(-c2ccc(-c4cc5c(-c6ccccc6)nc6c7ccccc7ccc6c5c5ccccc45)cc2)c2ccccc23)cc1. The highest BCUT2D eigenvalue weighted by molar-refractivity contribution is 6.28. The molecule has 12 rings (SSSR count). The molecule has 0 unspecified atom stereocenters. The summed E-state index contributed by atoms with van der Waals surface area (Å²) in [6, 6.07) is 74.5. The minimum atomic E-state index is 1.00. The molecule has 10 aromatic carbocycles. The molecule has 0 aliphatic carbocycles. The van der Waals surface area contributed by atoms with Gasteiger partial charge in [0.15, 0.2) is 0 Å². The molecule has 0 amide bonds. The highest BCUT2D eigenvalue weighted by atomic mass is 14.7. The molecule has 2 aromatic heterocycles. The van der Waals surface area contributed by atoms with E-state index in [1.807, 2.05) is 0 Å². The van der Waals surface area contributed by atoms with Gasteiger partial charge in [-0.25, -0.2) is 9.97 Å². The van der Waals surface area contributed by atoms with Crippen LogP contribution in [-0.2, 0) is 0 Å². The third kappa shape index (κ3) is 4.99. The molecule has 0 saturated heterocycles. The topological polar surface area (TPSA) is 25.8 Å². The van der Waals surface area contributed by atoms with Crippen LogP contribution in [0, 0.1) is 0 Å². The van der Waals surface area contributed by atoms with Crippen molar-refractivity contribution >= 4 is 75.7 Å². The van der Waals surface area contributed by atoms with Gasteiger partial charge in [-0.2, -0.15) is 0 Å². The molecule has 0 radical (unpaired) electrons. The van der Waals surface area contributed by atoms with Gasteiger partial charge in [-0.3, -0.25) is 0 Å². The van der Waals surface area contributed by atoms with Gasteiger partial charge in [0.05, 0.1) is 22.4 Å². The first-order valence-electron chi connectivity index (χ1n) is 19.9. The lowest BCUT2D eigenvalue weighted by Crippen LogP contribution is -1.94. The number of rotatable bonds is 4. The molecule has 0 spiro atoms. The van der Waals surface area contributed by atoms with Crippen molar-refractivity contribution in [3.05, 3.63) is 206 Å². The first kappa shape index (κ1) is 32.6. The molecule has 2 heteroatoms. The molecule has 0 bridgehead atoms. The van der Waals surface area contributed by atoms with E-state index in [4.69, 9.17) is 9.97 Å². The van der Waals surface area contributed by atoms with Crippen LogP contribution in [0.3, 0.4) is 0 Å². The van der Waals surface area contributed by atoms with Gasteiger partial charge in [-0.1, -0.05) is 188 Å². The Morgan fingerprint density at radius 3 is 1.29 bits per heavy atom. The smallest absolute Gasteiger partial charge is 0.0794 e. The second-order valence-corrected chi connectivity index (χ2v) is 15.2. The molecule has 0 aliphatic rings. The molecular formula is C56H34N2. The average molecular weight is 735 g/mol. The molecule has 2 nitrogen and oxygen atoms in total. The van der Waals surface area contributed by atoms with E-state index in [9.17, 15) is 0 Å². The van der Waals surface area contributed by atoms with Gasteiger partial charge < -0.3 is 0 Å². The van der Waals surface area contributed by atoms with Gasteiger partial charge in [0, 0.05) is 48.8 Å². The average Bonchev–Trinajstić information content (AvgIpc) is 3.30. The zero-order valence-electron chi connectivity index (χ0n) is 31.5. The molecule has 0 atom stereocenters. The quantitative estimate of drug-likeness (QED) is 0.168. The lowest BCUT2D eigenvalue weighted by molar-refractivity contribution is 1.43. The van der Waals surface area contributed by atoms with Crippen LogP contribution < -0.4 is 0 Å². The van der Waals surface area contributed by atoms with Crippen molar-refractivity contribution in [3.63, 3.8) is 0 Å². The fourth-order valence-corrected chi connectivity index (χ4v) is 9.36. The molecule has 58 heavy (non-hydrogen) atoms. The fraction of sp³-hybridized carbons (Fsp3) is 0. The van der Waals surface area contributed by atoms with Crippen LogP contribution in [0.2, 0.25) is 0 Å². The molecule has 268 valence electrons. The van der Waals surface area contributed by atoms with Crippen LogP contribution in [-0.4, -0.2) is 9.97 Å². The Bertz CT molecular complexity index is 3590. The van der Waals surface area contributed by atoms with Crippen LogP contribution in [0.1, 0.15) is 0 Å². The highest BCUT2D eigenvalue weighted by Gasteiger charge is 2.20. The summed E-state index contributed by atoms with van der Waals surface area (Å²) in [5.74, 6) is 0. The number of benzene rings is 10. The van der Waals surface area contributed by atoms with Gasteiger partial charge in [0.25, 0.3) is 0 Å². The van der Waals surface area contributed by atoms with Crippen LogP contribution in [0.4, 0.5) is 0 Å². The number of para-hydroxylation sites is 1. The largest absolute Gasteiger partial charge is 0.247 e. The Hall–Kier alpha value is -7.68. The molecule has 2 heterocycles. The summed E-state index contributed by atoms with van der Waals surface area (Å²) in [7, 11) is 0. The van der Waals surface area contributed by atoms with Gasteiger partial charge in [-0.05, 0) is 67.4 Å². The molecule has 0 aliphatic heterocycles. The van der Waals surface area contributed by atoms with Crippen molar-refractivity contribution in [2.45, 2.75) is 0 Å². The monoisotopic (exact) mass is 734 g/mol. The first-order chi connectivity index (χ1) is 28.8. The van der Waals surface area contributed by atoms with Crippen LogP contribution in [0.25, 0.3) is 120 Å². The maximum Gasteiger partial charge on any atom is 0.0794 e. The number of pyridine rings is 2. The zero-order valence-corrected chi connectivity index (χ0v) is 31.5. The minimum absolute atomic E-state index is 1.00. The molecule has 0 fully saturated rings. The van der Waals surface area contributed by atoms with Crippen molar-refractivity contribution < 1.29 is 0 Å². The Balaban J connectivity index is 1.10. The van der Waals surface area contributed by atoms with Crippen molar-refractivity contribution in [2.24, 2.45) is 0 Å². The lowest BCUT2D eigenvalue weighted by atomic mass is 9.87. The summed E-state index contributed by atoms with van der Waals surface area (Å²) in [6.45, 7) is 0. The predicted octanol–water partition coefficient (Wildman–Crippen LogP) is 15.2. The van der Waals surface area contributed by atoms with Crippen molar-refractivity contribution in [2.75, 3.05) is 0 Å². The number of nitrogens with zero attached hydrogens (tertiary/aromatic N) is 2. The summed E-state index contributed by atoms with van der Waals surface area (Å²) >= 11 is 0. The van der Waals surface area contributed by atoms with Crippen molar-refractivity contribution in [3.8, 4) is 44.8 Å². The maximum atomic E-state index is 5.49. The third-order valence-corrected chi connectivity index (χ3v) is 12.0. The van der Waals surface area contributed by atoms with Crippen molar-refractivity contribution in [1.29, 1.82) is 0 Å². The molecule has 0 N–H and O–H groups in total. The zero-order chi connectivity index (χ0) is 38.2. The Kier molecular flexibility index (Phi) is 7.26. The van der Waals surface area contributed by atoms with E-state index in [2.05, 4.69) is 206 Å². The standard InChI is InChI=1S/C56H34N2/c1-3-16-38(17-4-1)54-49-33-47(41-21-9-11-23-43(41)52(49)45-25-13-14-26-51(45)57-54)36-27-29-37(30-28-36)48-34-50-53(44-24-12-10-22-42(44)48)46-32-31-35-15-7-8-20-40(35)56(46)58-55(50)39-18-5-2-6-19-39/h1-34H. The van der Waals surface area contributed by atoms with Crippen LogP contribution in [0.15, 0.2) is 206 Å². The maximum absolute atomic E-state index is 5.49. The van der Waals surface area contributed by atoms with Gasteiger partial charge in [0.2, 0.25) is 0 Å². The Labute approximate surface area is 335 Å². The summed E-state index contributed by atoms with van der Waals surface area (Å²) < 4.78 is 0. The highest BCUT2D eigenvalue weighted by Crippen LogP contribution is 2.45. The first-order valence-corrected chi connectivity index (χ1v) is 19.9. The second kappa shape index (κ2) is 12.9. The Morgan fingerprint density at radius 2 is 0.707 bits per heavy atom. The van der Waals surface area contributed by atoms with Gasteiger partial charge >= 0.3 is 0 Å². The number of hydrogen-bond donors (Lipinski definition) is 0. The second-order valence-electron chi connectivity index (χ2n) is 15.2. The summed E-state index contributed by atoms with van der Waals surface area (Å²) in [5.41, 5.74) is 11.0. The number of fused-ring (bicyclic) bond motifs is 12. The van der Waals surface area contributed by atoms with Gasteiger partial charge in [-0.15, -0.1) is 0 Å². The van der Waals surface area contributed by atoms with E-state index >= 15 is 0 Å². The summed E-state index contributed by atoms with van der Waals surface area (Å²) in [4.78, 5) is 10.8. The number of hydrogen-bond acceptors (Lipinski definition) is 2. The van der Waals surface area contributed by atoms with E-state index in [1.54, 1.807) is 0 Å². The van der Waals surface area contributed by atoms with E-state index in [0.717, 1.165) is 44.3 Å². The normalized spacial score (nSPS) is 11.8.